The molecule has 4 nitrogen and oxygen atoms in total. The van der Waals surface area contributed by atoms with Gasteiger partial charge < -0.3 is 10.5 Å². The molecule has 0 aliphatic carbocycles. The lowest BCUT2D eigenvalue weighted by Crippen LogP contribution is -2.15. The van der Waals surface area contributed by atoms with Crippen LogP contribution in [0.3, 0.4) is 0 Å². The molecule has 0 fully saturated rings. The van der Waals surface area contributed by atoms with E-state index in [9.17, 15) is 4.79 Å². The molecule has 0 saturated carbocycles. The molecule has 0 aromatic carbocycles. The summed E-state index contributed by atoms with van der Waals surface area (Å²) in [4.78, 5) is 19.5. The van der Waals surface area contributed by atoms with Crippen molar-refractivity contribution in [3.05, 3.63) is 12.7 Å². The van der Waals surface area contributed by atoms with Crippen LogP contribution in [0, 0.1) is 0 Å². The Balaban J connectivity index is 0. The molecule has 0 aromatic heterocycles. The quantitative estimate of drug-likeness (QED) is 0.315. The third-order valence-electron chi connectivity index (χ3n) is 2.03. The summed E-state index contributed by atoms with van der Waals surface area (Å²) in [6, 6.07) is 0. The lowest BCUT2D eigenvalue weighted by molar-refractivity contribution is -0.143. The van der Waals surface area contributed by atoms with Crippen LogP contribution in [-0.4, -0.2) is 18.5 Å². The summed E-state index contributed by atoms with van der Waals surface area (Å²) in [5, 5.41) is 0. The molecule has 0 aromatic rings. The van der Waals surface area contributed by atoms with Crippen LogP contribution in [0.5, 0.6) is 0 Å². The second-order valence-corrected chi connectivity index (χ2v) is 3.30. The van der Waals surface area contributed by atoms with E-state index in [4.69, 9.17) is 9.53 Å². The summed E-state index contributed by atoms with van der Waals surface area (Å²) in [5.74, 6) is -0.302. The number of nitrogens with two attached hydrogens (primary N) is 1. The fourth-order valence-electron chi connectivity index (χ4n) is 1.18. The lowest BCUT2D eigenvalue weighted by atomic mass is 10.1. The first kappa shape index (κ1) is 17.1. The number of ether oxygens (including phenoxy) is 1. The van der Waals surface area contributed by atoms with Gasteiger partial charge in [0.2, 0.25) is 6.41 Å². The summed E-state index contributed by atoms with van der Waals surface area (Å²) < 4.78 is 5.14. The molecule has 0 aliphatic rings. The van der Waals surface area contributed by atoms with Crippen molar-refractivity contribution in [3.63, 3.8) is 0 Å². The van der Waals surface area contributed by atoms with Crippen LogP contribution >= 0.6 is 0 Å². The summed E-state index contributed by atoms with van der Waals surface area (Å²) in [5.41, 5.74) is 4.17. The molecule has 16 heavy (non-hydrogen) atoms. The van der Waals surface area contributed by atoms with E-state index in [0.717, 1.165) is 19.3 Å². The van der Waals surface area contributed by atoms with Crippen LogP contribution in [-0.2, 0) is 14.3 Å². The number of amides is 1. The van der Waals surface area contributed by atoms with Crippen molar-refractivity contribution in [2.75, 3.05) is 0 Å². The normalized spacial score (nSPS) is 10.6. The largest absolute Gasteiger partial charge is 0.459 e. The molecule has 0 aliphatic heterocycles. The van der Waals surface area contributed by atoms with Crippen molar-refractivity contribution in [1.82, 2.24) is 0 Å². The van der Waals surface area contributed by atoms with E-state index in [1.54, 1.807) is 0 Å². The van der Waals surface area contributed by atoms with Gasteiger partial charge in [0.05, 0.1) is 0 Å². The van der Waals surface area contributed by atoms with Gasteiger partial charge in [-0.15, -0.1) is 0 Å². The van der Waals surface area contributed by atoms with Crippen molar-refractivity contribution in [3.8, 4) is 0 Å². The van der Waals surface area contributed by atoms with Gasteiger partial charge in [0, 0.05) is 6.08 Å². The van der Waals surface area contributed by atoms with E-state index in [2.05, 4.69) is 19.2 Å². The summed E-state index contributed by atoms with van der Waals surface area (Å²) in [6.07, 6.45) is 6.97. The Morgan fingerprint density at radius 1 is 1.44 bits per heavy atom. The third kappa shape index (κ3) is 12.7. The SMILES string of the molecule is C=CC(=O)OC(CC)CCCCC.NC=O. The van der Waals surface area contributed by atoms with Crippen molar-refractivity contribution in [1.29, 1.82) is 0 Å². The molecule has 1 amide bonds. The monoisotopic (exact) mass is 229 g/mol. The zero-order valence-corrected chi connectivity index (χ0v) is 10.3. The zero-order valence-electron chi connectivity index (χ0n) is 10.3. The first-order valence-electron chi connectivity index (χ1n) is 5.64. The van der Waals surface area contributed by atoms with Crippen LogP contribution < -0.4 is 5.73 Å². The van der Waals surface area contributed by atoms with Gasteiger partial charge in [-0.2, -0.15) is 0 Å². The van der Waals surface area contributed by atoms with E-state index in [1.165, 1.54) is 18.9 Å². The topological polar surface area (TPSA) is 69.4 Å². The minimum atomic E-state index is -0.302. The van der Waals surface area contributed by atoms with E-state index < -0.39 is 0 Å². The van der Waals surface area contributed by atoms with E-state index in [-0.39, 0.29) is 18.5 Å². The van der Waals surface area contributed by atoms with Gasteiger partial charge in [-0.1, -0.05) is 33.3 Å². The number of hydrogen-bond donors (Lipinski definition) is 1. The Kier molecular flexibility index (Phi) is 14.6. The predicted octanol–water partition coefficient (Wildman–Crippen LogP) is 2.18. The van der Waals surface area contributed by atoms with Gasteiger partial charge in [0.1, 0.15) is 6.10 Å². The van der Waals surface area contributed by atoms with Crippen molar-refractivity contribution in [2.45, 2.75) is 52.1 Å². The predicted molar refractivity (Wildman–Crippen MR) is 64.8 cm³/mol. The number of primary amides is 1. The molecule has 0 radical (unpaired) electrons. The molecule has 1 atom stereocenters. The van der Waals surface area contributed by atoms with Crippen LogP contribution in [0.2, 0.25) is 0 Å². The first-order chi connectivity index (χ1) is 7.65. The maximum atomic E-state index is 10.9. The molecule has 0 heterocycles. The van der Waals surface area contributed by atoms with Crippen LogP contribution in [0.4, 0.5) is 0 Å². The summed E-state index contributed by atoms with van der Waals surface area (Å²) in [6.45, 7) is 7.57. The molecular formula is C12H23NO3. The van der Waals surface area contributed by atoms with E-state index in [0.29, 0.717) is 0 Å². The second-order valence-electron chi connectivity index (χ2n) is 3.30. The Labute approximate surface area is 97.8 Å². The molecular weight excluding hydrogens is 206 g/mol. The van der Waals surface area contributed by atoms with Gasteiger partial charge >= 0.3 is 5.97 Å². The van der Waals surface area contributed by atoms with Crippen LogP contribution in [0.25, 0.3) is 0 Å². The Bertz CT molecular complexity index is 193. The highest BCUT2D eigenvalue weighted by molar-refractivity contribution is 5.81. The number of carbonyl (C=O) groups is 2. The molecule has 0 spiro atoms. The molecule has 0 rings (SSSR count). The third-order valence-corrected chi connectivity index (χ3v) is 2.03. The number of hydrogen-bond acceptors (Lipinski definition) is 3. The molecule has 0 bridgehead atoms. The smallest absolute Gasteiger partial charge is 0.330 e. The van der Waals surface area contributed by atoms with Crippen molar-refractivity contribution in [2.24, 2.45) is 5.73 Å². The molecule has 2 N–H and O–H groups in total. The average molecular weight is 229 g/mol. The van der Waals surface area contributed by atoms with Crippen molar-refractivity contribution < 1.29 is 14.3 Å². The number of carbonyl (C=O) groups excluding carboxylic acids is 2. The van der Waals surface area contributed by atoms with Gasteiger partial charge in [-0.3, -0.25) is 4.79 Å². The highest BCUT2D eigenvalue weighted by atomic mass is 16.5. The maximum Gasteiger partial charge on any atom is 0.330 e. The van der Waals surface area contributed by atoms with Crippen LogP contribution in [0.15, 0.2) is 12.7 Å². The standard InChI is InChI=1S/C11H20O2.CH3NO/c1-4-7-8-9-10(5-2)13-11(12)6-3;2-1-3/h6,10H,3-5,7-9H2,1-2H3;1H,(H2,2,3). The minimum Gasteiger partial charge on any atom is -0.459 e. The highest BCUT2D eigenvalue weighted by Gasteiger charge is 2.08. The fourth-order valence-corrected chi connectivity index (χ4v) is 1.18. The number of unbranched alkanes of at least 4 members (excludes halogenated alkanes) is 2. The second kappa shape index (κ2) is 13.7. The average Bonchev–Trinajstić information content (AvgIpc) is 2.28. The number of esters is 1. The Hall–Kier alpha value is -1.32. The van der Waals surface area contributed by atoms with Gasteiger partial charge in [-0.25, -0.2) is 4.79 Å². The molecule has 94 valence electrons. The maximum absolute atomic E-state index is 10.9. The van der Waals surface area contributed by atoms with Gasteiger partial charge in [0.15, 0.2) is 0 Å². The Morgan fingerprint density at radius 2 is 2.00 bits per heavy atom. The summed E-state index contributed by atoms with van der Waals surface area (Å²) in [7, 11) is 0. The zero-order chi connectivity index (χ0) is 12.8. The Morgan fingerprint density at radius 3 is 2.38 bits per heavy atom. The first-order valence-corrected chi connectivity index (χ1v) is 5.64. The number of rotatable bonds is 7. The highest BCUT2D eigenvalue weighted by Crippen LogP contribution is 2.10. The minimum absolute atomic E-state index is 0.0806. The molecule has 1 unspecified atom stereocenters. The van der Waals surface area contributed by atoms with Gasteiger partial charge in [-0.05, 0) is 19.3 Å². The van der Waals surface area contributed by atoms with E-state index >= 15 is 0 Å². The molecule has 4 heteroatoms. The fraction of sp³-hybridized carbons (Fsp3) is 0.667. The molecule has 0 saturated heterocycles. The van der Waals surface area contributed by atoms with Crippen LogP contribution in [0.1, 0.15) is 46.0 Å². The lowest BCUT2D eigenvalue weighted by Gasteiger charge is -2.14. The van der Waals surface area contributed by atoms with E-state index in [1.807, 2.05) is 6.92 Å². The van der Waals surface area contributed by atoms with Gasteiger partial charge in [0.25, 0.3) is 0 Å². The van der Waals surface area contributed by atoms with Crippen molar-refractivity contribution >= 4 is 12.4 Å². The summed E-state index contributed by atoms with van der Waals surface area (Å²) >= 11 is 0.